The molecule has 2 amide bonds. The number of carbonyl (C=O) groups is 2. The molecular formula is C18H13FN2O4S. The van der Waals surface area contributed by atoms with Gasteiger partial charge in [0.15, 0.2) is 0 Å². The van der Waals surface area contributed by atoms with Crippen LogP contribution >= 0.6 is 11.8 Å². The number of imide groups is 1. The molecule has 1 aliphatic rings. The molecule has 26 heavy (non-hydrogen) atoms. The molecule has 3 rings (SSSR count). The molecule has 0 aromatic heterocycles. The van der Waals surface area contributed by atoms with Crippen LogP contribution in [0.2, 0.25) is 0 Å². The van der Waals surface area contributed by atoms with Crippen molar-refractivity contribution in [1.29, 1.82) is 0 Å². The van der Waals surface area contributed by atoms with Crippen LogP contribution in [0.25, 0.3) is 6.08 Å². The molecule has 2 N–H and O–H groups in total. The molecule has 8 heteroatoms. The van der Waals surface area contributed by atoms with Crippen molar-refractivity contribution < 1.29 is 23.9 Å². The van der Waals surface area contributed by atoms with Crippen LogP contribution in [0, 0.1) is 5.82 Å². The number of nitrogens with zero attached hydrogens (tertiary/aromatic N) is 1. The van der Waals surface area contributed by atoms with Crippen LogP contribution in [-0.4, -0.2) is 28.7 Å². The van der Waals surface area contributed by atoms with E-state index in [9.17, 15) is 14.0 Å². The van der Waals surface area contributed by atoms with Crippen molar-refractivity contribution in [3.63, 3.8) is 0 Å². The monoisotopic (exact) mass is 372 g/mol. The molecule has 1 aliphatic heterocycles. The molecule has 0 spiro atoms. The number of thioether (sulfide) groups is 1. The summed E-state index contributed by atoms with van der Waals surface area (Å²) < 4.78 is 19.3. The predicted molar refractivity (Wildman–Crippen MR) is 95.8 cm³/mol. The van der Waals surface area contributed by atoms with Crippen molar-refractivity contribution in [3.8, 4) is 5.75 Å². The second kappa shape index (κ2) is 7.83. The van der Waals surface area contributed by atoms with E-state index in [-0.39, 0.29) is 17.9 Å². The van der Waals surface area contributed by atoms with Crippen LogP contribution < -0.4 is 10.1 Å². The molecule has 6 nitrogen and oxygen atoms in total. The van der Waals surface area contributed by atoms with E-state index in [0.717, 1.165) is 17.3 Å². The number of halogens is 1. The zero-order valence-electron chi connectivity index (χ0n) is 13.3. The van der Waals surface area contributed by atoms with Gasteiger partial charge in [0.05, 0.1) is 4.91 Å². The third kappa shape index (κ3) is 4.09. The first-order valence-corrected chi connectivity index (χ1v) is 8.32. The minimum Gasteiger partial charge on any atom is -0.487 e. The number of ether oxygens (including phenoxy) is 1. The molecule has 0 radical (unpaired) electrons. The van der Waals surface area contributed by atoms with Gasteiger partial charge in [0.2, 0.25) is 0 Å². The molecule has 2 aromatic carbocycles. The Labute approximate surface area is 152 Å². The summed E-state index contributed by atoms with van der Waals surface area (Å²) in [7, 11) is 0. The van der Waals surface area contributed by atoms with E-state index in [1.165, 1.54) is 12.1 Å². The molecule has 0 saturated carbocycles. The Bertz CT molecular complexity index is 910. The number of amides is 2. The first kappa shape index (κ1) is 17.7. The highest BCUT2D eigenvalue weighted by Crippen LogP contribution is 2.26. The molecule has 0 atom stereocenters. The molecule has 0 bridgehead atoms. The fraction of sp³-hybridized carbons (Fsp3) is 0.0556. The number of hydrogen-bond acceptors (Lipinski definition) is 6. The summed E-state index contributed by atoms with van der Waals surface area (Å²) in [5, 5.41) is 14.0. The largest absolute Gasteiger partial charge is 0.487 e. The molecule has 0 aliphatic carbocycles. The molecule has 2 aromatic rings. The summed E-state index contributed by atoms with van der Waals surface area (Å²) in [5.41, 5.74) is 0.937. The highest BCUT2D eigenvalue weighted by Gasteiger charge is 2.24. The number of carbonyl (C=O) groups excluding carboxylic acids is 2. The second-order valence-electron chi connectivity index (χ2n) is 5.24. The lowest BCUT2D eigenvalue weighted by atomic mass is 10.1. The molecular weight excluding hydrogens is 359 g/mol. The number of rotatable bonds is 5. The van der Waals surface area contributed by atoms with Gasteiger partial charge >= 0.3 is 0 Å². The van der Waals surface area contributed by atoms with Crippen molar-refractivity contribution in [2.45, 2.75) is 0 Å². The minimum absolute atomic E-state index is 0.0619. The van der Waals surface area contributed by atoms with Crippen LogP contribution in [0.15, 0.2) is 58.6 Å². The minimum atomic E-state index is -0.507. The average Bonchev–Trinajstić information content (AvgIpc) is 2.95. The van der Waals surface area contributed by atoms with Gasteiger partial charge < -0.3 is 9.94 Å². The van der Waals surface area contributed by atoms with Gasteiger partial charge in [-0.1, -0.05) is 29.4 Å². The summed E-state index contributed by atoms with van der Waals surface area (Å²) in [5.74, 6) is -0.453. The van der Waals surface area contributed by atoms with Crippen molar-refractivity contribution in [2.24, 2.45) is 5.16 Å². The summed E-state index contributed by atoms with van der Waals surface area (Å²) in [4.78, 5) is 23.0. The first-order valence-electron chi connectivity index (χ1n) is 7.50. The maximum atomic E-state index is 13.7. The molecule has 1 saturated heterocycles. The van der Waals surface area contributed by atoms with E-state index in [2.05, 4.69) is 10.5 Å². The van der Waals surface area contributed by atoms with Crippen molar-refractivity contribution >= 4 is 34.7 Å². The standard InChI is InChI=1S/C18H13FN2O4S/c19-14-4-2-1-3-13(14)15(21-24)10-25-12-7-5-11(6-8-12)9-16-17(22)20-18(23)26-16/h1-9,24H,10H2,(H,20,22,23)/b16-9-,21-15+. The van der Waals surface area contributed by atoms with Gasteiger partial charge in [-0.3, -0.25) is 14.9 Å². The highest BCUT2D eigenvalue weighted by molar-refractivity contribution is 8.18. The maximum Gasteiger partial charge on any atom is 0.290 e. The van der Waals surface area contributed by atoms with E-state index in [0.29, 0.717) is 10.7 Å². The second-order valence-corrected chi connectivity index (χ2v) is 6.25. The number of benzene rings is 2. The van der Waals surface area contributed by atoms with Crippen LogP contribution in [-0.2, 0) is 4.79 Å². The molecule has 1 fully saturated rings. The van der Waals surface area contributed by atoms with E-state index < -0.39 is 17.0 Å². The molecule has 132 valence electrons. The van der Waals surface area contributed by atoms with Gasteiger partial charge in [-0.2, -0.15) is 0 Å². The summed E-state index contributed by atoms with van der Waals surface area (Å²) >= 11 is 0.840. The molecule has 1 heterocycles. The van der Waals surface area contributed by atoms with Gasteiger partial charge in [0.25, 0.3) is 11.1 Å². The number of nitrogens with one attached hydrogen (secondary N) is 1. The Kier molecular flexibility index (Phi) is 5.33. The van der Waals surface area contributed by atoms with E-state index in [1.54, 1.807) is 42.5 Å². The number of hydrogen-bond donors (Lipinski definition) is 2. The van der Waals surface area contributed by atoms with Gasteiger partial charge in [0.1, 0.15) is 23.9 Å². The maximum absolute atomic E-state index is 13.7. The Morgan fingerprint density at radius 3 is 2.54 bits per heavy atom. The van der Waals surface area contributed by atoms with Crippen LogP contribution in [0.3, 0.4) is 0 Å². The average molecular weight is 372 g/mol. The zero-order chi connectivity index (χ0) is 18.5. The predicted octanol–water partition coefficient (Wildman–Crippen LogP) is 3.41. The lowest BCUT2D eigenvalue weighted by Gasteiger charge is -2.09. The van der Waals surface area contributed by atoms with E-state index >= 15 is 0 Å². The summed E-state index contributed by atoms with van der Waals surface area (Å²) in [6, 6.07) is 12.7. The van der Waals surface area contributed by atoms with Gasteiger partial charge in [0, 0.05) is 5.56 Å². The lowest BCUT2D eigenvalue weighted by molar-refractivity contribution is -0.115. The third-order valence-electron chi connectivity index (χ3n) is 3.50. The quantitative estimate of drug-likeness (QED) is 0.363. The lowest BCUT2D eigenvalue weighted by Crippen LogP contribution is -2.17. The normalized spacial score (nSPS) is 16.0. The van der Waals surface area contributed by atoms with Crippen molar-refractivity contribution in [3.05, 3.63) is 70.4 Å². The molecule has 0 unspecified atom stereocenters. The highest BCUT2D eigenvalue weighted by atomic mass is 32.2. The summed E-state index contributed by atoms with van der Waals surface area (Å²) in [6.45, 7) is -0.120. The third-order valence-corrected chi connectivity index (χ3v) is 4.31. The SMILES string of the molecule is O=C1NC(=O)/C(=C/c2ccc(OC/C(=N\O)c3ccccc3F)cc2)S1. The van der Waals surface area contributed by atoms with Crippen molar-refractivity contribution in [2.75, 3.05) is 6.61 Å². The van der Waals surface area contributed by atoms with Crippen molar-refractivity contribution in [1.82, 2.24) is 5.32 Å². The van der Waals surface area contributed by atoms with Gasteiger partial charge in [-0.25, -0.2) is 4.39 Å². The van der Waals surface area contributed by atoms with Crippen LogP contribution in [0.1, 0.15) is 11.1 Å². The Morgan fingerprint density at radius 1 is 1.19 bits per heavy atom. The Morgan fingerprint density at radius 2 is 1.92 bits per heavy atom. The van der Waals surface area contributed by atoms with Crippen LogP contribution in [0.5, 0.6) is 5.75 Å². The fourth-order valence-corrected chi connectivity index (χ4v) is 2.92. The van der Waals surface area contributed by atoms with E-state index in [1.807, 2.05) is 0 Å². The smallest absolute Gasteiger partial charge is 0.290 e. The first-order chi connectivity index (χ1) is 12.6. The number of oxime groups is 1. The Hall–Kier alpha value is -3.13. The summed E-state index contributed by atoms with van der Waals surface area (Å²) in [6.07, 6.45) is 1.59. The fourth-order valence-electron chi connectivity index (χ4n) is 2.24. The zero-order valence-corrected chi connectivity index (χ0v) is 14.1. The van der Waals surface area contributed by atoms with E-state index in [4.69, 9.17) is 9.94 Å². The van der Waals surface area contributed by atoms with Gasteiger partial charge in [-0.15, -0.1) is 0 Å². The topological polar surface area (TPSA) is 88.0 Å². The van der Waals surface area contributed by atoms with Crippen LogP contribution in [0.4, 0.5) is 9.18 Å². The Balaban J connectivity index is 1.66. The van der Waals surface area contributed by atoms with Gasteiger partial charge in [-0.05, 0) is 47.7 Å².